The van der Waals surface area contributed by atoms with Crippen molar-refractivity contribution in [2.24, 2.45) is 4.99 Å². The van der Waals surface area contributed by atoms with E-state index < -0.39 is 23.9 Å². The molecule has 11 nitrogen and oxygen atoms in total. The molecule has 0 aliphatic carbocycles. The Morgan fingerprint density at radius 2 is 1.09 bits per heavy atom. The number of rotatable bonds is 21. The summed E-state index contributed by atoms with van der Waals surface area (Å²) in [4.78, 5) is 52.8. The van der Waals surface area contributed by atoms with Gasteiger partial charge in [0.05, 0.1) is 47.7 Å². The Balaban J connectivity index is 1.28. The molecule has 56 heavy (non-hydrogen) atoms. The molecule has 0 aromatic heterocycles. The minimum absolute atomic E-state index is 0.300. The van der Waals surface area contributed by atoms with Crippen molar-refractivity contribution < 1.29 is 47.6 Å². The monoisotopic (exact) mass is 825 g/mol. The summed E-state index contributed by atoms with van der Waals surface area (Å²) in [6, 6.07) is 24.1. The van der Waals surface area contributed by atoms with E-state index in [1.165, 1.54) is 0 Å². The molecule has 4 aromatic carbocycles. The Labute approximate surface area is 335 Å². The highest BCUT2D eigenvalue weighted by Crippen LogP contribution is 2.31. The third-order valence-electron chi connectivity index (χ3n) is 8.04. The first-order valence-electron chi connectivity index (χ1n) is 18.1. The van der Waals surface area contributed by atoms with E-state index in [1.807, 2.05) is 26.0 Å². The van der Waals surface area contributed by atoms with Crippen LogP contribution < -0.4 is 18.9 Å². The maximum Gasteiger partial charge on any atom is 0.343 e. The molecular weight excluding hydrogens is 782 g/mol. The number of hydrogen-bond donors (Lipinski definition) is 0. The molecule has 12 heteroatoms. The molecule has 4 rings (SSSR count). The fourth-order valence-corrected chi connectivity index (χ4v) is 5.48. The summed E-state index contributed by atoms with van der Waals surface area (Å²) < 4.78 is 33.2. The lowest BCUT2D eigenvalue weighted by Crippen LogP contribution is -2.10. The summed E-state index contributed by atoms with van der Waals surface area (Å²) in [7, 11) is 0. The highest BCUT2D eigenvalue weighted by Gasteiger charge is 2.15. The van der Waals surface area contributed by atoms with Crippen molar-refractivity contribution >= 4 is 51.2 Å². The van der Waals surface area contributed by atoms with Gasteiger partial charge in [0, 0.05) is 17.9 Å². The van der Waals surface area contributed by atoms with Crippen LogP contribution in [-0.4, -0.2) is 56.0 Å². The molecule has 4 aromatic rings. The van der Waals surface area contributed by atoms with Crippen molar-refractivity contribution in [2.75, 3.05) is 26.4 Å². The van der Waals surface area contributed by atoms with Gasteiger partial charge in [-0.3, -0.25) is 4.99 Å². The highest BCUT2D eigenvalue weighted by atomic mass is 79.9. The molecule has 0 aliphatic rings. The van der Waals surface area contributed by atoms with Gasteiger partial charge in [-0.1, -0.05) is 20.1 Å². The van der Waals surface area contributed by atoms with Crippen molar-refractivity contribution in [3.05, 3.63) is 137 Å². The fraction of sp³-hybridized carbons (Fsp3) is 0.250. The van der Waals surface area contributed by atoms with E-state index >= 15 is 0 Å². The highest BCUT2D eigenvalue weighted by molar-refractivity contribution is 9.10. The van der Waals surface area contributed by atoms with E-state index in [-0.39, 0.29) is 0 Å². The van der Waals surface area contributed by atoms with Gasteiger partial charge in [-0.25, -0.2) is 19.2 Å². The number of aryl methyl sites for hydroxylation is 1. The number of carbonyl (C=O) groups is 4. The number of nitrogens with zero attached hydrogens (tertiary/aromatic N) is 1. The second-order valence-electron chi connectivity index (χ2n) is 12.2. The topological polar surface area (TPSA) is 136 Å². The molecule has 0 unspecified atom stereocenters. The maximum absolute atomic E-state index is 12.9. The van der Waals surface area contributed by atoms with Gasteiger partial charge in [0.15, 0.2) is 0 Å². The molecule has 0 saturated carbocycles. The predicted octanol–water partition coefficient (Wildman–Crippen LogP) is 9.50. The van der Waals surface area contributed by atoms with Gasteiger partial charge in [0.25, 0.3) is 0 Å². The lowest BCUT2D eigenvalue weighted by Gasteiger charge is -2.12. The smallest absolute Gasteiger partial charge is 0.343 e. The van der Waals surface area contributed by atoms with E-state index in [1.54, 1.807) is 72.8 Å². The molecule has 0 bridgehead atoms. The zero-order chi connectivity index (χ0) is 40.3. The van der Waals surface area contributed by atoms with Crippen molar-refractivity contribution in [3.8, 4) is 23.0 Å². The van der Waals surface area contributed by atoms with Crippen LogP contribution in [-0.2, 0) is 19.1 Å². The average molecular weight is 827 g/mol. The Kier molecular flexibility index (Phi) is 17.1. The van der Waals surface area contributed by atoms with Crippen LogP contribution in [0.25, 0.3) is 0 Å². The Morgan fingerprint density at radius 3 is 1.55 bits per heavy atom. The minimum atomic E-state index is -0.525. The van der Waals surface area contributed by atoms with Gasteiger partial charge in [0.2, 0.25) is 0 Å². The maximum atomic E-state index is 12.9. The summed E-state index contributed by atoms with van der Waals surface area (Å²) in [5.74, 6) is 0.0850. The molecular formula is C44H44BrNO10. The quantitative estimate of drug-likeness (QED) is 0.0263. The summed E-state index contributed by atoms with van der Waals surface area (Å²) in [6.07, 6.45) is 5.61. The van der Waals surface area contributed by atoms with Crippen LogP contribution in [0.2, 0.25) is 0 Å². The van der Waals surface area contributed by atoms with E-state index in [4.69, 9.17) is 33.4 Å². The molecule has 0 amide bonds. The zero-order valence-corrected chi connectivity index (χ0v) is 33.0. The minimum Gasteiger partial charge on any atom is -0.494 e. The van der Waals surface area contributed by atoms with Crippen molar-refractivity contribution in [1.29, 1.82) is 0 Å². The molecule has 0 spiro atoms. The molecule has 292 valence electrons. The Hall–Kier alpha value is -6.01. The van der Waals surface area contributed by atoms with Crippen LogP contribution in [0.1, 0.15) is 70.9 Å². The van der Waals surface area contributed by atoms with Crippen LogP contribution in [0.3, 0.4) is 0 Å². The molecule has 0 radical (unpaired) electrons. The van der Waals surface area contributed by atoms with Gasteiger partial charge < -0.3 is 28.4 Å². The van der Waals surface area contributed by atoms with Crippen LogP contribution >= 0.6 is 15.9 Å². The lowest BCUT2D eigenvalue weighted by molar-refractivity contribution is -0.138. The number of halogens is 1. The molecule has 0 atom stereocenters. The van der Waals surface area contributed by atoms with E-state index in [0.29, 0.717) is 103 Å². The van der Waals surface area contributed by atoms with Gasteiger partial charge in [-0.15, -0.1) is 0 Å². The molecule has 0 N–H and O–H groups in total. The number of unbranched alkanes of at least 4 members (excludes halogenated alkanes) is 2. The molecule has 0 aliphatic heterocycles. The van der Waals surface area contributed by atoms with Crippen LogP contribution in [0.5, 0.6) is 23.0 Å². The van der Waals surface area contributed by atoms with Gasteiger partial charge >= 0.3 is 23.9 Å². The van der Waals surface area contributed by atoms with Crippen LogP contribution in [0, 0.1) is 6.92 Å². The number of ether oxygens (including phenoxy) is 6. The number of hydrogen-bond acceptors (Lipinski definition) is 11. The SMILES string of the molecule is C=CC(=O)OCCCCOc1ccc(C(=O)Oc2ccc(/C(CC)=N/c3ccc(OC(=O)c4ccc(OCCCCOC(=O)C=C)cc4)c(Br)c3)cc2C)cc1. The van der Waals surface area contributed by atoms with E-state index in [2.05, 4.69) is 29.1 Å². The van der Waals surface area contributed by atoms with E-state index in [9.17, 15) is 19.2 Å². The second kappa shape index (κ2) is 22.4. The lowest BCUT2D eigenvalue weighted by atomic mass is 10.0. The summed E-state index contributed by atoms with van der Waals surface area (Å²) >= 11 is 3.51. The molecule has 0 heterocycles. The van der Waals surface area contributed by atoms with Gasteiger partial charge in [-0.2, -0.15) is 0 Å². The predicted molar refractivity (Wildman–Crippen MR) is 216 cm³/mol. The summed E-state index contributed by atoms with van der Waals surface area (Å²) in [5, 5.41) is 0. The third kappa shape index (κ3) is 13.7. The van der Waals surface area contributed by atoms with Crippen LogP contribution in [0.15, 0.2) is 120 Å². The summed E-state index contributed by atoms with van der Waals surface area (Å²) in [5.41, 5.74) is 3.85. The van der Waals surface area contributed by atoms with Gasteiger partial charge in [-0.05, 0) is 151 Å². The van der Waals surface area contributed by atoms with Crippen molar-refractivity contribution in [3.63, 3.8) is 0 Å². The molecule has 0 saturated heterocycles. The largest absolute Gasteiger partial charge is 0.494 e. The Morgan fingerprint density at radius 1 is 0.625 bits per heavy atom. The van der Waals surface area contributed by atoms with Gasteiger partial charge in [0.1, 0.15) is 23.0 Å². The standard InChI is InChI=1S/C44H44BrNO10/c1-5-38(33-16-22-39(30(4)28-33)55-43(49)31-12-18-35(19-13-31)51-24-8-10-26-53-41(47)6-2)46-34-17-23-40(37(45)29-34)56-44(50)32-14-20-36(21-15-32)52-25-9-11-27-54-42(48)7-3/h6-7,12-23,28-29H,2-3,5,8-11,24-27H2,1,4H3/b46-38+. The number of benzene rings is 4. The normalized spacial score (nSPS) is 10.9. The first kappa shape index (κ1) is 42.7. The first-order valence-corrected chi connectivity index (χ1v) is 18.9. The van der Waals surface area contributed by atoms with Crippen LogP contribution in [0.4, 0.5) is 5.69 Å². The van der Waals surface area contributed by atoms with Crippen molar-refractivity contribution in [2.45, 2.75) is 46.0 Å². The number of carbonyl (C=O) groups excluding carboxylic acids is 4. The number of aliphatic imine (C=N–C) groups is 1. The van der Waals surface area contributed by atoms with E-state index in [0.717, 1.165) is 29.0 Å². The fourth-order valence-electron chi connectivity index (χ4n) is 5.03. The average Bonchev–Trinajstić information content (AvgIpc) is 3.21. The number of esters is 4. The van der Waals surface area contributed by atoms with Crippen molar-refractivity contribution in [1.82, 2.24) is 0 Å². The Bertz CT molecular complexity index is 2020. The summed E-state index contributed by atoms with van der Waals surface area (Å²) in [6.45, 7) is 12.1. The zero-order valence-electron chi connectivity index (χ0n) is 31.4. The molecule has 0 fully saturated rings. The first-order chi connectivity index (χ1) is 27.1. The third-order valence-corrected chi connectivity index (χ3v) is 8.66. The second-order valence-corrected chi connectivity index (χ2v) is 13.0.